The molecule has 0 radical (unpaired) electrons. The van der Waals surface area contributed by atoms with Gasteiger partial charge in [0, 0.05) is 22.3 Å². The largest absolute Gasteiger partial charge is 0.394 e. The number of nitrogens with one attached hydrogen (secondary N) is 1. The highest BCUT2D eigenvalue weighted by molar-refractivity contribution is 9.10. The van der Waals surface area contributed by atoms with Crippen molar-refractivity contribution in [2.24, 2.45) is 0 Å². The zero-order chi connectivity index (χ0) is 14.4. The van der Waals surface area contributed by atoms with E-state index >= 15 is 0 Å². The van der Waals surface area contributed by atoms with Crippen LogP contribution in [0.25, 0.3) is 0 Å². The van der Waals surface area contributed by atoms with Crippen LogP contribution in [-0.4, -0.2) is 34.0 Å². The fourth-order valence-electron chi connectivity index (χ4n) is 2.28. The summed E-state index contributed by atoms with van der Waals surface area (Å²) >= 11 is 5.18. The zero-order valence-corrected chi connectivity index (χ0v) is 14.3. The lowest BCUT2D eigenvalue weighted by molar-refractivity contribution is 0.144. The van der Waals surface area contributed by atoms with Gasteiger partial charge in [-0.15, -0.1) is 11.8 Å². The van der Waals surface area contributed by atoms with Crippen LogP contribution in [0.15, 0.2) is 27.8 Å². The third-order valence-electron chi connectivity index (χ3n) is 3.82. The molecule has 112 valence electrons. The van der Waals surface area contributed by atoms with Gasteiger partial charge >= 0.3 is 0 Å². The highest BCUT2D eigenvalue weighted by Crippen LogP contribution is 2.28. The topological polar surface area (TPSA) is 45.2 Å². The lowest BCUT2D eigenvalue weighted by Crippen LogP contribution is -2.49. The van der Waals surface area contributed by atoms with E-state index in [0.29, 0.717) is 6.04 Å². The molecular weight excluding hydrogens is 336 g/mol. The van der Waals surface area contributed by atoms with Gasteiger partial charge in [-0.25, -0.2) is 4.98 Å². The van der Waals surface area contributed by atoms with E-state index in [2.05, 4.69) is 33.2 Å². The summed E-state index contributed by atoms with van der Waals surface area (Å²) in [5.74, 6) is 1.04. The number of rotatable bonds is 9. The fraction of sp³-hybridized carbons (Fsp3) is 0.667. The molecule has 0 saturated heterocycles. The first-order valence-electron chi connectivity index (χ1n) is 7.30. The number of aliphatic hydroxyl groups excluding tert-OH is 1. The minimum Gasteiger partial charge on any atom is -0.394 e. The van der Waals surface area contributed by atoms with Crippen LogP contribution in [0, 0.1) is 0 Å². The molecule has 0 aromatic carbocycles. The molecule has 2 N–H and O–H groups in total. The van der Waals surface area contributed by atoms with Crippen LogP contribution >= 0.6 is 27.7 Å². The molecule has 0 bridgehead atoms. The molecule has 1 fully saturated rings. The van der Waals surface area contributed by atoms with Gasteiger partial charge in [0.2, 0.25) is 0 Å². The molecule has 20 heavy (non-hydrogen) atoms. The van der Waals surface area contributed by atoms with Gasteiger partial charge in [-0.05, 0) is 65.9 Å². The van der Waals surface area contributed by atoms with Crippen LogP contribution in [0.1, 0.15) is 39.0 Å². The van der Waals surface area contributed by atoms with E-state index in [4.69, 9.17) is 0 Å². The minimum absolute atomic E-state index is 0.0745. The lowest BCUT2D eigenvalue weighted by atomic mass is 9.91. The van der Waals surface area contributed by atoms with Crippen molar-refractivity contribution in [3.63, 3.8) is 0 Å². The molecule has 1 saturated carbocycles. The van der Waals surface area contributed by atoms with Crippen molar-refractivity contribution in [3.05, 3.63) is 22.8 Å². The van der Waals surface area contributed by atoms with Gasteiger partial charge in [-0.3, -0.25) is 0 Å². The predicted octanol–water partition coefficient (Wildman–Crippen LogP) is 3.61. The van der Waals surface area contributed by atoms with Crippen LogP contribution in [0.4, 0.5) is 0 Å². The van der Waals surface area contributed by atoms with Crippen LogP contribution in [0.5, 0.6) is 0 Å². The second-order valence-corrected chi connectivity index (χ2v) is 7.51. The molecule has 1 atom stereocenters. The maximum atomic E-state index is 9.71. The Hall–Kier alpha value is -0.100. The summed E-state index contributed by atoms with van der Waals surface area (Å²) in [6.45, 7) is 2.40. The summed E-state index contributed by atoms with van der Waals surface area (Å²) in [6, 6.07) is 4.70. The van der Waals surface area contributed by atoms with Crippen LogP contribution < -0.4 is 5.32 Å². The third-order valence-corrected chi connectivity index (χ3v) is 5.32. The summed E-state index contributed by atoms with van der Waals surface area (Å²) in [7, 11) is 0. The van der Waals surface area contributed by atoms with Crippen LogP contribution in [-0.2, 0) is 0 Å². The molecule has 1 aliphatic rings. The molecule has 2 rings (SSSR count). The first kappa shape index (κ1) is 16.3. The fourth-order valence-corrected chi connectivity index (χ4v) is 3.31. The van der Waals surface area contributed by atoms with Crippen molar-refractivity contribution < 1.29 is 5.11 Å². The van der Waals surface area contributed by atoms with Crippen LogP contribution in [0.3, 0.4) is 0 Å². The molecule has 0 aliphatic heterocycles. The number of aromatic nitrogens is 1. The van der Waals surface area contributed by atoms with E-state index in [1.807, 2.05) is 18.3 Å². The zero-order valence-electron chi connectivity index (χ0n) is 11.9. The molecule has 3 nitrogen and oxygen atoms in total. The van der Waals surface area contributed by atoms with Crippen molar-refractivity contribution >= 4 is 27.7 Å². The minimum atomic E-state index is -0.0745. The molecular formula is C15H23BrN2OS. The number of aliphatic hydroxyl groups is 1. The number of nitrogens with zero attached hydrogens (tertiary/aromatic N) is 1. The summed E-state index contributed by atoms with van der Waals surface area (Å²) in [5.41, 5.74) is -0.0745. The third kappa shape index (κ3) is 5.02. The van der Waals surface area contributed by atoms with Crippen molar-refractivity contribution in [2.75, 3.05) is 12.4 Å². The lowest BCUT2D eigenvalue weighted by Gasteiger charge is -2.32. The quantitative estimate of drug-likeness (QED) is 0.522. The normalized spacial score (nSPS) is 17.9. The summed E-state index contributed by atoms with van der Waals surface area (Å²) in [4.78, 5) is 4.36. The molecule has 1 unspecified atom stereocenters. The number of pyridine rings is 1. The smallest absolute Gasteiger partial charge is 0.0960 e. The van der Waals surface area contributed by atoms with Crippen molar-refractivity contribution in [3.8, 4) is 0 Å². The number of hydrogen-bond acceptors (Lipinski definition) is 4. The second-order valence-electron chi connectivity index (χ2n) is 5.48. The summed E-state index contributed by atoms with van der Waals surface area (Å²) in [6.07, 6.45) is 7.47. The average Bonchev–Trinajstić information content (AvgIpc) is 3.28. The van der Waals surface area contributed by atoms with Gasteiger partial charge in [-0.1, -0.05) is 6.92 Å². The molecule has 0 amide bonds. The molecule has 1 aromatic heterocycles. The SMILES string of the molecule is CCC(CO)(CCCSc1ccc(Br)cn1)NC1CC1. The Morgan fingerprint density at radius 3 is 2.85 bits per heavy atom. The van der Waals surface area contributed by atoms with Crippen molar-refractivity contribution in [1.29, 1.82) is 0 Å². The highest BCUT2D eigenvalue weighted by atomic mass is 79.9. The Morgan fingerprint density at radius 1 is 1.50 bits per heavy atom. The van der Waals surface area contributed by atoms with E-state index in [1.54, 1.807) is 11.8 Å². The number of thioether (sulfide) groups is 1. The predicted molar refractivity (Wildman–Crippen MR) is 88.2 cm³/mol. The first-order chi connectivity index (χ1) is 9.67. The molecule has 1 aliphatic carbocycles. The maximum absolute atomic E-state index is 9.71. The Morgan fingerprint density at radius 2 is 2.30 bits per heavy atom. The van der Waals surface area contributed by atoms with Crippen LogP contribution in [0.2, 0.25) is 0 Å². The standard InChI is InChI=1S/C15H23BrN2OS/c1-2-15(11-19,18-13-5-6-13)8-3-9-20-14-7-4-12(16)10-17-14/h4,7,10,13,18-19H,2-3,5-6,8-9,11H2,1H3. The molecule has 5 heteroatoms. The Balaban J connectivity index is 1.73. The van der Waals surface area contributed by atoms with E-state index in [0.717, 1.165) is 34.5 Å². The molecule has 0 spiro atoms. The Bertz CT molecular complexity index is 405. The second kappa shape index (κ2) is 7.78. The molecule has 1 heterocycles. The molecule has 1 aromatic rings. The van der Waals surface area contributed by atoms with Crippen molar-refractivity contribution in [1.82, 2.24) is 10.3 Å². The van der Waals surface area contributed by atoms with E-state index in [-0.39, 0.29) is 12.1 Å². The number of hydrogen-bond donors (Lipinski definition) is 2. The monoisotopic (exact) mass is 358 g/mol. The number of halogens is 1. The average molecular weight is 359 g/mol. The van der Waals surface area contributed by atoms with Crippen molar-refractivity contribution in [2.45, 2.75) is 55.6 Å². The van der Waals surface area contributed by atoms with E-state index < -0.39 is 0 Å². The Labute approximate surface area is 134 Å². The maximum Gasteiger partial charge on any atom is 0.0960 e. The first-order valence-corrected chi connectivity index (χ1v) is 9.08. The van der Waals surface area contributed by atoms with Gasteiger partial charge in [-0.2, -0.15) is 0 Å². The van der Waals surface area contributed by atoms with Gasteiger partial charge in [0.1, 0.15) is 0 Å². The van der Waals surface area contributed by atoms with Gasteiger partial charge in [0.15, 0.2) is 0 Å². The van der Waals surface area contributed by atoms with E-state index in [9.17, 15) is 5.11 Å². The van der Waals surface area contributed by atoms with Gasteiger partial charge < -0.3 is 10.4 Å². The van der Waals surface area contributed by atoms with Gasteiger partial charge in [0.05, 0.1) is 11.6 Å². The van der Waals surface area contributed by atoms with Gasteiger partial charge in [0.25, 0.3) is 0 Å². The highest BCUT2D eigenvalue weighted by Gasteiger charge is 2.33. The van der Waals surface area contributed by atoms with E-state index in [1.165, 1.54) is 12.8 Å². The Kier molecular flexibility index (Phi) is 6.33. The summed E-state index contributed by atoms with van der Waals surface area (Å²) in [5, 5.41) is 14.4. The summed E-state index contributed by atoms with van der Waals surface area (Å²) < 4.78 is 1.01.